The van der Waals surface area contributed by atoms with Gasteiger partial charge in [0.25, 0.3) is 0 Å². The Kier molecular flexibility index (Phi) is 5.43. The Morgan fingerprint density at radius 3 is 2.76 bits per heavy atom. The lowest BCUT2D eigenvalue weighted by Crippen LogP contribution is -2.15. The monoisotopic (exact) mass is 320 g/mol. The van der Waals surface area contributed by atoms with E-state index in [4.69, 9.17) is 11.6 Å². The van der Waals surface area contributed by atoms with Crippen LogP contribution in [0, 0.1) is 5.92 Å². The molecule has 5 heteroatoms. The van der Waals surface area contributed by atoms with Crippen molar-refractivity contribution < 1.29 is 14.6 Å². The van der Waals surface area contributed by atoms with Crippen LogP contribution in [0.2, 0.25) is 5.02 Å². The number of hydrogen-bond acceptors (Lipinski definition) is 3. The highest BCUT2D eigenvalue weighted by molar-refractivity contribution is 9.10. The lowest BCUT2D eigenvalue weighted by Gasteiger charge is -2.19. The Labute approximate surface area is 114 Å². The van der Waals surface area contributed by atoms with E-state index in [9.17, 15) is 9.90 Å². The minimum absolute atomic E-state index is 0.157. The largest absolute Gasteiger partial charge is 0.469 e. The molecule has 0 aliphatic carbocycles. The molecule has 94 valence electrons. The Bertz CT molecular complexity index is 409. The van der Waals surface area contributed by atoms with Crippen molar-refractivity contribution in [3.63, 3.8) is 0 Å². The summed E-state index contributed by atoms with van der Waals surface area (Å²) in [6.45, 7) is 1.78. The number of hydrogen-bond donors (Lipinski definition) is 1. The van der Waals surface area contributed by atoms with E-state index in [1.165, 1.54) is 7.11 Å². The summed E-state index contributed by atoms with van der Waals surface area (Å²) in [5.74, 6) is -0.592. The number of aliphatic hydroxyl groups is 1. The van der Waals surface area contributed by atoms with Crippen LogP contribution in [0.1, 0.15) is 25.0 Å². The predicted octanol–water partition coefficient (Wildman–Crippen LogP) is 3.34. The minimum Gasteiger partial charge on any atom is -0.469 e. The third kappa shape index (κ3) is 3.98. The number of carbonyl (C=O) groups is 1. The van der Waals surface area contributed by atoms with E-state index >= 15 is 0 Å². The third-order valence-corrected chi connectivity index (χ3v) is 3.36. The number of carbonyl (C=O) groups excluding carboxylic acids is 1. The van der Waals surface area contributed by atoms with Crippen LogP contribution in [0.5, 0.6) is 0 Å². The van der Waals surface area contributed by atoms with Crippen LogP contribution in [0.25, 0.3) is 0 Å². The minimum atomic E-state index is -0.783. The maximum atomic E-state index is 11.1. The molecule has 0 aromatic heterocycles. The Balaban J connectivity index is 2.81. The number of esters is 1. The zero-order valence-corrected chi connectivity index (χ0v) is 12.0. The molecule has 0 amide bonds. The van der Waals surface area contributed by atoms with Gasteiger partial charge in [-0.3, -0.25) is 4.79 Å². The molecule has 1 aromatic rings. The fraction of sp³-hybridized carbons (Fsp3) is 0.417. The van der Waals surface area contributed by atoms with Crippen molar-refractivity contribution in [2.24, 2.45) is 5.92 Å². The van der Waals surface area contributed by atoms with Crippen LogP contribution >= 0.6 is 27.5 Å². The summed E-state index contributed by atoms with van der Waals surface area (Å²) in [5.41, 5.74) is 0.617. The van der Waals surface area contributed by atoms with Crippen LogP contribution in [0.3, 0.4) is 0 Å². The highest BCUT2D eigenvalue weighted by Gasteiger charge is 2.21. The van der Waals surface area contributed by atoms with Gasteiger partial charge in [0.1, 0.15) is 0 Å². The number of ether oxygens (including phenoxy) is 1. The van der Waals surface area contributed by atoms with Crippen LogP contribution in [-0.2, 0) is 9.53 Å². The van der Waals surface area contributed by atoms with E-state index in [1.54, 1.807) is 25.1 Å². The van der Waals surface area contributed by atoms with Crippen molar-refractivity contribution in [1.29, 1.82) is 0 Å². The highest BCUT2D eigenvalue weighted by Crippen LogP contribution is 2.31. The van der Waals surface area contributed by atoms with Gasteiger partial charge < -0.3 is 9.84 Å². The molecular formula is C12H14BrClO3. The first-order chi connectivity index (χ1) is 7.95. The van der Waals surface area contributed by atoms with Gasteiger partial charge in [-0.05, 0) is 23.6 Å². The highest BCUT2D eigenvalue weighted by atomic mass is 79.9. The predicted molar refractivity (Wildman–Crippen MR) is 69.9 cm³/mol. The van der Waals surface area contributed by atoms with E-state index in [2.05, 4.69) is 20.7 Å². The molecular weight excluding hydrogens is 307 g/mol. The lowest BCUT2D eigenvalue weighted by atomic mass is 9.94. The fourth-order valence-corrected chi connectivity index (χ4v) is 2.29. The second-order valence-corrected chi connectivity index (χ2v) is 5.19. The van der Waals surface area contributed by atoms with Crippen LogP contribution in [0.4, 0.5) is 0 Å². The van der Waals surface area contributed by atoms with Crippen molar-refractivity contribution in [2.45, 2.75) is 19.4 Å². The fourth-order valence-electron chi connectivity index (χ4n) is 1.51. The average Bonchev–Trinajstić information content (AvgIpc) is 2.28. The molecule has 17 heavy (non-hydrogen) atoms. The zero-order chi connectivity index (χ0) is 13.0. The van der Waals surface area contributed by atoms with Gasteiger partial charge in [-0.25, -0.2) is 0 Å². The molecule has 2 unspecified atom stereocenters. The van der Waals surface area contributed by atoms with Crippen molar-refractivity contribution in [3.8, 4) is 0 Å². The Hall–Kier alpha value is -0.580. The summed E-state index contributed by atoms with van der Waals surface area (Å²) in [6.07, 6.45) is -0.626. The van der Waals surface area contributed by atoms with Crippen molar-refractivity contribution in [2.75, 3.05) is 7.11 Å². The molecule has 0 fully saturated rings. The standard InChI is InChI=1S/C12H14BrClO3/c1-7(5-11(15)17-2)12(16)9-4-3-8(13)6-10(9)14/h3-4,6-7,12,16H,5H2,1-2H3. The zero-order valence-electron chi connectivity index (χ0n) is 9.61. The van der Waals surface area contributed by atoms with E-state index < -0.39 is 6.10 Å². The normalized spacial score (nSPS) is 14.2. The molecule has 0 radical (unpaired) electrons. The van der Waals surface area contributed by atoms with E-state index in [1.807, 2.05) is 0 Å². The topological polar surface area (TPSA) is 46.5 Å². The van der Waals surface area contributed by atoms with Gasteiger partial charge in [0.05, 0.1) is 19.6 Å². The van der Waals surface area contributed by atoms with Gasteiger partial charge in [0.2, 0.25) is 0 Å². The number of rotatable bonds is 4. The molecule has 0 saturated carbocycles. The number of benzene rings is 1. The number of halogens is 2. The summed E-state index contributed by atoms with van der Waals surface area (Å²) in [4.78, 5) is 11.1. The Morgan fingerprint density at radius 1 is 1.59 bits per heavy atom. The van der Waals surface area contributed by atoms with Crippen LogP contribution in [-0.4, -0.2) is 18.2 Å². The van der Waals surface area contributed by atoms with Gasteiger partial charge in [-0.15, -0.1) is 0 Å². The van der Waals surface area contributed by atoms with Gasteiger partial charge >= 0.3 is 5.97 Å². The quantitative estimate of drug-likeness (QED) is 0.865. The third-order valence-electron chi connectivity index (χ3n) is 2.54. The SMILES string of the molecule is COC(=O)CC(C)C(O)c1ccc(Br)cc1Cl. The number of methoxy groups -OCH3 is 1. The summed E-state index contributed by atoms with van der Waals surface area (Å²) in [5, 5.41) is 10.6. The molecule has 1 aromatic carbocycles. The van der Waals surface area contributed by atoms with E-state index in [0.29, 0.717) is 10.6 Å². The number of aliphatic hydroxyl groups excluding tert-OH is 1. The van der Waals surface area contributed by atoms with Gasteiger partial charge in [-0.1, -0.05) is 40.5 Å². The molecule has 0 bridgehead atoms. The first-order valence-electron chi connectivity index (χ1n) is 5.15. The average molecular weight is 322 g/mol. The Morgan fingerprint density at radius 2 is 2.24 bits per heavy atom. The molecule has 0 aliphatic rings. The smallest absolute Gasteiger partial charge is 0.305 e. The molecule has 2 atom stereocenters. The van der Waals surface area contributed by atoms with E-state index in [-0.39, 0.29) is 18.3 Å². The summed E-state index contributed by atoms with van der Waals surface area (Å²) >= 11 is 9.33. The molecule has 0 aliphatic heterocycles. The second kappa shape index (κ2) is 6.38. The van der Waals surface area contributed by atoms with Gasteiger partial charge in [-0.2, -0.15) is 0 Å². The van der Waals surface area contributed by atoms with Crippen molar-refractivity contribution in [3.05, 3.63) is 33.3 Å². The maximum absolute atomic E-state index is 11.1. The molecule has 0 spiro atoms. The second-order valence-electron chi connectivity index (χ2n) is 3.87. The molecule has 0 saturated heterocycles. The summed E-state index contributed by atoms with van der Waals surface area (Å²) in [7, 11) is 1.33. The molecule has 1 N–H and O–H groups in total. The summed E-state index contributed by atoms with van der Waals surface area (Å²) < 4.78 is 5.41. The molecule has 1 rings (SSSR count). The van der Waals surface area contributed by atoms with Crippen LogP contribution in [0.15, 0.2) is 22.7 Å². The van der Waals surface area contributed by atoms with Crippen molar-refractivity contribution in [1.82, 2.24) is 0 Å². The molecule has 0 heterocycles. The lowest BCUT2D eigenvalue weighted by molar-refractivity contribution is -0.142. The first-order valence-corrected chi connectivity index (χ1v) is 6.32. The van der Waals surface area contributed by atoms with E-state index in [0.717, 1.165) is 4.47 Å². The van der Waals surface area contributed by atoms with Gasteiger partial charge in [0, 0.05) is 9.50 Å². The first kappa shape index (κ1) is 14.5. The van der Waals surface area contributed by atoms with Gasteiger partial charge in [0.15, 0.2) is 0 Å². The molecule has 3 nitrogen and oxygen atoms in total. The van der Waals surface area contributed by atoms with Crippen LogP contribution < -0.4 is 0 Å². The maximum Gasteiger partial charge on any atom is 0.305 e. The van der Waals surface area contributed by atoms with Crippen molar-refractivity contribution >= 4 is 33.5 Å². The summed E-state index contributed by atoms with van der Waals surface area (Å²) in [6, 6.07) is 5.26.